The van der Waals surface area contributed by atoms with Crippen LogP contribution in [0.15, 0.2) is 42.5 Å². The summed E-state index contributed by atoms with van der Waals surface area (Å²) in [6, 6.07) is 11.5. The summed E-state index contributed by atoms with van der Waals surface area (Å²) in [6.07, 6.45) is -0.888. The molecule has 1 amide bonds. The quantitative estimate of drug-likeness (QED) is 0.779. The predicted molar refractivity (Wildman–Crippen MR) is 74.1 cm³/mol. The average molecular weight is 281 g/mol. The van der Waals surface area contributed by atoms with Gasteiger partial charge in [-0.05, 0) is 17.7 Å². The van der Waals surface area contributed by atoms with Gasteiger partial charge >= 0.3 is 6.09 Å². The molecule has 0 atom stereocenters. The molecule has 1 aliphatic carbocycles. The number of fused-ring (bicyclic) bond motifs is 2. The molecule has 0 aromatic heterocycles. The van der Waals surface area contributed by atoms with Crippen molar-refractivity contribution in [2.45, 2.75) is 6.61 Å². The van der Waals surface area contributed by atoms with Crippen LogP contribution >= 0.6 is 0 Å². The molecular formula is C16H11NO4. The van der Waals surface area contributed by atoms with Gasteiger partial charge in [-0.25, -0.2) is 4.79 Å². The second kappa shape index (κ2) is 4.86. The van der Waals surface area contributed by atoms with Gasteiger partial charge in [-0.3, -0.25) is 9.59 Å². The Kier molecular flexibility index (Phi) is 3.02. The summed E-state index contributed by atoms with van der Waals surface area (Å²) in [7, 11) is 0. The van der Waals surface area contributed by atoms with Crippen LogP contribution in [0.3, 0.4) is 0 Å². The molecule has 0 saturated heterocycles. The molecule has 0 unspecified atom stereocenters. The van der Waals surface area contributed by atoms with Gasteiger partial charge in [0.05, 0.1) is 0 Å². The van der Waals surface area contributed by atoms with Gasteiger partial charge < -0.3 is 10.5 Å². The highest BCUT2D eigenvalue weighted by Crippen LogP contribution is 2.27. The van der Waals surface area contributed by atoms with Crippen LogP contribution < -0.4 is 5.73 Å². The van der Waals surface area contributed by atoms with Gasteiger partial charge in [0.25, 0.3) is 0 Å². The van der Waals surface area contributed by atoms with Crippen molar-refractivity contribution in [1.82, 2.24) is 0 Å². The van der Waals surface area contributed by atoms with Gasteiger partial charge in [0, 0.05) is 22.3 Å². The van der Waals surface area contributed by atoms with Gasteiger partial charge in [0.1, 0.15) is 6.61 Å². The largest absolute Gasteiger partial charge is 0.445 e. The molecule has 0 saturated carbocycles. The second-order valence-electron chi connectivity index (χ2n) is 4.69. The number of hydrogen-bond donors (Lipinski definition) is 1. The summed E-state index contributed by atoms with van der Waals surface area (Å²) < 4.78 is 4.69. The van der Waals surface area contributed by atoms with E-state index in [1.165, 1.54) is 0 Å². The highest BCUT2D eigenvalue weighted by Gasteiger charge is 2.29. The lowest BCUT2D eigenvalue weighted by molar-refractivity contribution is 0.0978. The minimum absolute atomic E-state index is 0.0360. The van der Waals surface area contributed by atoms with Crippen molar-refractivity contribution in [3.8, 4) is 0 Å². The number of rotatable bonds is 2. The molecule has 0 fully saturated rings. The third-order valence-corrected chi connectivity index (χ3v) is 3.37. The Labute approximate surface area is 120 Å². The van der Waals surface area contributed by atoms with Gasteiger partial charge in [-0.2, -0.15) is 0 Å². The number of benzene rings is 2. The SMILES string of the molecule is NC(=O)OCc1ccc2c(c1)C(=O)c1ccccc1C2=O. The Morgan fingerprint density at radius 2 is 1.48 bits per heavy atom. The maximum absolute atomic E-state index is 12.5. The fraction of sp³-hybridized carbons (Fsp3) is 0.0625. The zero-order chi connectivity index (χ0) is 15.0. The first kappa shape index (κ1) is 13.1. The van der Waals surface area contributed by atoms with E-state index >= 15 is 0 Å². The number of carbonyl (C=O) groups is 3. The van der Waals surface area contributed by atoms with E-state index in [4.69, 9.17) is 10.5 Å². The molecule has 0 bridgehead atoms. The third-order valence-electron chi connectivity index (χ3n) is 3.37. The molecule has 0 spiro atoms. The van der Waals surface area contributed by atoms with E-state index in [0.29, 0.717) is 27.8 Å². The molecule has 0 heterocycles. The summed E-state index contributed by atoms with van der Waals surface area (Å²) in [4.78, 5) is 35.5. The average Bonchev–Trinajstić information content (AvgIpc) is 2.50. The molecule has 2 aromatic rings. The van der Waals surface area contributed by atoms with Crippen LogP contribution in [0.1, 0.15) is 37.4 Å². The molecule has 0 radical (unpaired) electrons. The van der Waals surface area contributed by atoms with Crippen LogP contribution in [0.25, 0.3) is 0 Å². The van der Waals surface area contributed by atoms with E-state index in [0.717, 1.165) is 0 Å². The summed E-state index contributed by atoms with van der Waals surface area (Å²) in [5.74, 6) is -0.385. The lowest BCUT2D eigenvalue weighted by atomic mass is 9.83. The minimum atomic E-state index is -0.888. The summed E-state index contributed by atoms with van der Waals surface area (Å²) >= 11 is 0. The first-order valence-electron chi connectivity index (χ1n) is 6.31. The summed E-state index contributed by atoms with van der Waals surface area (Å²) in [5.41, 5.74) is 7.00. The minimum Gasteiger partial charge on any atom is -0.445 e. The standard InChI is InChI=1S/C16H11NO4/c17-16(20)21-8-9-5-6-12-13(7-9)15(19)11-4-2-1-3-10(11)14(12)18/h1-7H,8H2,(H2,17,20). The van der Waals surface area contributed by atoms with Gasteiger partial charge in [0.15, 0.2) is 11.6 Å². The molecular weight excluding hydrogens is 270 g/mol. The molecule has 0 aliphatic heterocycles. The lowest BCUT2D eigenvalue weighted by Gasteiger charge is -2.17. The number of ketones is 2. The Balaban J connectivity index is 2.04. The van der Waals surface area contributed by atoms with E-state index in [-0.39, 0.29) is 18.2 Å². The topological polar surface area (TPSA) is 86.5 Å². The van der Waals surface area contributed by atoms with E-state index in [9.17, 15) is 14.4 Å². The number of nitrogens with two attached hydrogens (primary N) is 1. The van der Waals surface area contributed by atoms with Gasteiger partial charge in [0.2, 0.25) is 0 Å². The van der Waals surface area contributed by atoms with E-state index in [1.54, 1.807) is 42.5 Å². The zero-order valence-electron chi connectivity index (χ0n) is 11.0. The fourth-order valence-corrected chi connectivity index (χ4v) is 2.39. The molecule has 3 rings (SSSR count). The number of carbonyl (C=O) groups excluding carboxylic acids is 3. The second-order valence-corrected chi connectivity index (χ2v) is 4.69. The molecule has 5 heteroatoms. The van der Waals surface area contributed by atoms with Crippen LogP contribution in [0.2, 0.25) is 0 Å². The maximum atomic E-state index is 12.5. The first-order valence-corrected chi connectivity index (χ1v) is 6.31. The van der Waals surface area contributed by atoms with Gasteiger partial charge in [-0.1, -0.05) is 30.3 Å². The molecule has 5 nitrogen and oxygen atoms in total. The van der Waals surface area contributed by atoms with Crippen LogP contribution in [-0.4, -0.2) is 17.7 Å². The number of primary amides is 1. The molecule has 2 aromatic carbocycles. The monoisotopic (exact) mass is 281 g/mol. The van der Waals surface area contributed by atoms with Crippen molar-refractivity contribution in [1.29, 1.82) is 0 Å². The molecule has 2 N–H and O–H groups in total. The van der Waals surface area contributed by atoms with Crippen molar-refractivity contribution in [3.05, 3.63) is 70.3 Å². The number of hydrogen-bond acceptors (Lipinski definition) is 4. The number of amides is 1. The molecule has 1 aliphatic rings. The summed E-state index contributed by atoms with van der Waals surface area (Å²) in [5, 5.41) is 0. The van der Waals surface area contributed by atoms with E-state index < -0.39 is 6.09 Å². The van der Waals surface area contributed by atoms with Crippen molar-refractivity contribution in [2.75, 3.05) is 0 Å². The normalized spacial score (nSPS) is 12.6. The maximum Gasteiger partial charge on any atom is 0.404 e. The van der Waals surface area contributed by atoms with Crippen molar-refractivity contribution >= 4 is 17.7 Å². The Morgan fingerprint density at radius 1 is 0.905 bits per heavy atom. The van der Waals surface area contributed by atoms with Crippen molar-refractivity contribution < 1.29 is 19.1 Å². The van der Waals surface area contributed by atoms with Crippen molar-refractivity contribution in [3.63, 3.8) is 0 Å². The Morgan fingerprint density at radius 3 is 2.10 bits per heavy atom. The van der Waals surface area contributed by atoms with Crippen LogP contribution in [0, 0.1) is 0 Å². The van der Waals surface area contributed by atoms with Crippen molar-refractivity contribution in [2.24, 2.45) is 5.73 Å². The van der Waals surface area contributed by atoms with Crippen LogP contribution in [-0.2, 0) is 11.3 Å². The highest BCUT2D eigenvalue weighted by atomic mass is 16.5. The third kappa shape index (κ3) is 2.18. The first-order chi connectivity index (χ1) is 10.1. The Hall–Kier alpha value is -2.95. The molecule has 104 valence electrons. The van der Waals surface area contributed by atoms with Crippen LogP contribution in [0.4, 0.5) is 4.79 Å². The fourth-order valence-electron chi connectivity index (χ4n) is 2.39. The number of ether oxygens (including phenoxy) is 1. The predicted octanol–water partition coefficient (Wildman–Crippen LogP) is 2.06. The highest BCUT2D eigenvalue weighted by molar-refractivity contribution is 6.28. The van der Waals surface area contributed by atoms with Gasteiger partial charge in [-0.15, -0.1) is 0 Å². The van der Waals surface area contributed by atoms with E-state index in [1.807, 2.05) is 0 Å². The zero-order valence-corrected chi connectivity index (χ0v) is 11.0. The molecule has 21 heavy (non-hydrogen) atoms. The Bertz CT molecular complexity index is 780. The van der Waals surface area contributed by atoms with E-state index in [2.05, 4.69) is 0 Å². The smallest absolute Gasteiger partial charge is 0.404 e. The van der Waals surface area contributed by atoms with Crippen LogP contribution in [0.5, 0.6) is 0 Å². The lowest BCUT2D eigenvalue weighted by Crippen LogP contribution is -2.21. The summed E-state index contributed by atoms with van der Waals surface area (Å²) in [6.45, 7) is -0.0360.